The highest BCUT2D eigenvalue weighted by atomic mass is 16.2. The minimum atomic E-state index is -0.161. The number of rotatable bonds is 4. The largest absolute Gasteiger partial charge is 0.322 e. The lowest BCUT2D eigenvalue weighted by Crippen LogP contribution is -2.14. The van der Waals surface area contributed by atoms with Crippen molar-refractivity contribution < 1.29 is 9.59 Å². The van der Waals surface area contributed by atoms with E-state index in [0.717, 1.165) is 16.7 Å². The maximum atomic E-state index is 12.4. The van der Waals surface area contributed by atoms with Crippen molar-refractivity contribution in [3.05, 3.63) is 94.5 Å². The highest BCUT2D eigenvalue weighted by molar-refractivity contribution is 6.06. The number of aryl methyl sites for hydroxylation is 3. The van der Waals surface area contributed by atoms with E-state index < -0.39 is 0 Å². The third-order valence-corrected chi connectivity index (χ3v) is 4.31. The lowest BCUT2D eigenvalue weighted by atomic mass is 10.1. The second kappa shape index (κ2) is 7.87. The number of anilines is 2. The van der Waals surface area contributed by atoms with Gasteiger partial charge in [0.15, 0.2) is 0 Å². The molecule has 3 rings (SSSR count). The molecule has 0 aliphatic heterocycles. The molecule has 3 aromatic carbocycles. The Balaban J connectivity index is 1.66. The maximum Gasteiger partial charge on any atom is 0.255 e. The van der Waals surface area contributed by atoms with Crippen LogP contribution in [0, 0.1) is 20.8 Å². The summed E-state index contributed by atoms with van der Waals surface area (Å²) in [6.07, 6.45) is 0. The van der Waals surface area contributed by atoms with E-state index in [1.807, 2.05) is 57.2 Å². The first-order valence-electron chi connectivity index (χ1n) is 8.79. The zero-order valence-electron chi connectivity index (χ0n) is 15.7. The van der Waals surface area contributed by atoms with Gasteiger partial charge in [-0.3, -0.25) is 9.59 Å². The van der Waals surface area contributed by atoms with E-state index in [1.165, 1.54) is 0 Å². The molecule has 0 saturated carbocycles. The second-order valence-electron chi connectivity index (χ2n) is 6.67. The van der Waals surface area contributed by atoms with Crippen LogP contribution in [0.25, 0.3) is 0 Å². The molecule has 0 spiro atoms. The minimum Gasteiger partial charge on any atom is -0.322 e. The summed E-state index contributed by atoms with van der Waals surface area (Å²) in [5, 5.41) is 5.75. The van der Waals surface area contributed by atoms with Crippen LogP contribution >= 0.6 is 0 Å². The van der Waals surface area contributed by atoms with Gasteiger partial charge in [0.25, 0.3) is 11.8 Å². The van der Waals surface area contributed by atoms with Crippen LogP contribution in [0.15, 0.2) is 66.7 Å². The number of carbonyl (C=O) groups is 2. The Labute approximate surface area is 159 Å². The van der Waals surface area contributed by atoms with E-state index in [2.05, 4.69) is 10.6 Å². The van der Waals surface area contributed by atoms with Gasteiger partial charge in [-0.1, -0.05) is 35.4 Å². The Morgan fingerprint density at radius 3 is 1.85 bits per heavy atom. The van der Waals surface area contributed by atoms with Crippen molar-refractivity contribution in [3.8, 4) is 0 Å². The third-order valence-electron chi connectivity index (χ3n) is 4.31. The fourth-order valence-electron chi connectivity index (χ4n) is 2.89. The molecule has 0 aromatic heterocycles. The molecule has 0 saturated heterocycles. The van der Waals surface area contributed by atoms with Gasteiger partial charge in [0.1, 0.15) is 0 Å². The molecule has 0 fully saturated rings. The summed E-state index contributed by atoms with van der Waals surface area (Å²) in [5.41, 5.74) is 5.71. The van der Waals surface area contributed by atoms with Crippen LogP contribution in [0.3, 0.4) is 0 Å². The molecule has 4 heteroatoms. The highest BCUT2D eigenvalue weighted by Gasteiger charge is 2.10. The maximum absolute atomic E-state index is 12.4. The molecule has 0 heterocycles. The molecule has 136 valence electrons. The number of benzene rings is 3. The van der Waals surface area contributed by atoms with Crippen LogP contribution in [0.4, 0.5) is 11.4 Å². The topological polar surface area (TPSA) is 58.2 Å². The van der Waals surface area contributed by atoms with Crippen molar-refractivity contribution in [2.75, 3.05) is 10.6 Å². The quantitative estimate of drug-likeness (QED) is 0.680. The van der Waals surface area contributed by atoms with Crippen molar-refractivity contribution in [2.24, 2.45) is 0 Å². The van der Waals surface area contributed by atoms with Crippen LogP contribution in [0.2, 0.25) is 0 Å². The summed E-state index contributed by atoms with van der Waals surface area (Å²) < 4.78 is 0. The molecule has 2 N–H and O–H groups in total. The lowest BCUT2D eigenvalue weighted by Gasteiger charge is -2.10. The minimum absolute atomic E-state index is 0.149. The Bertz CT molecular complexity index is 992. The molecule has 4 nitrogen and oxygen atoms in total. The molecule has 0 bridgehead atoms. The van der Waals surface area contributed by atoms with Crippen molar-refractivity contribution in [1.82, 2.24) is 0 Å². The summed E-state index contributed by atoms with van der Waals surface area (Å²) in [6, 6.07) is 20.2. The normalized spacial score (nSPS) is 10.3. The van der Waals surface area contributed by atoms with E-state index >= 15 is 0 Å². The average molecular weight is 358 g/mol. The average Bonchev–Trinajstić information content (AvgIpc) is 2.63. The zero-order chi connectivity index (χ0) is 19.4. The van der Waals surface area contributed by atoms with E-state index in [4.69, 9.17) is 0 Å². The van der Waals surface area contributed by atoms with Crippen molar-refractivity contribution >= 4 is 23.2 Å². The van der Waals surface area contributed by atoms with Gasteiger partial charge in [-0.2, -0.15) is 0 Å². The molecule has 0 radical (unpaired) electrons. The van der Waals surface area contributed by atoms with Crippen LogP contribution in [-0.4, -0.2) is 11.8 Å². The molecule has 2 amide bonds. The van der Waals surface area contributed by atoms with Crippen LogP contribution in [0.5, 0.6) is 0 Å². The number of hydrogen-bond donors (Lipinski definition) is 2. The van der Waals surface area contributed by atoms with Crippen LogP contribution in [0.1, 0.15) is 37.4 Å². The Morgan fingerprint density at radius 1 is 0.667 bits per heavy atom. The third kappa shape index (κ3) is 4.61. The molecular formula is C23H22N2O2. The van der Waals surface area contributed by atoms with Crippen LogP contribution in [-0.2, 0) is 0 Å². The van der Waals surface area contributed by atoms with Gasteiger partial charge in [0, 0.05) is 22.5 Å². The summed E-state index contributed by atoms with van der Waals surface area (Å²) in [4.78, 5) is 24.7. The van der Waals surface area contributed by atoms with E-state index in [-0.39, 0.29) is 11.8 Å². The fourth-order valence-corrected chi connectivity index (χ4v) is 2.89. The fraction of sp³-hybridized carbons (Fsp3) is 0.130. The molecular weight excluding hydrogens is 336 g/mol. The van der Waals surface area contributed by atoms with Gasteiger partial charge < -0.3 is 10.6 Å². The van der Waals surface area contributed by atoms with Gasteiger partial charge in [-0.15, -0.1) is 0 Å². The first-order valence-corrected chi connectivity index (χ1v) is 8.79. The lowest BCUT2D eigenvalue weighted by molar-refractivity contribution is 0.101. The molecule has 0 aliphatic rings. The van der Waals surface area contributed by atoms with Crippen molar-refractivity contribution in [1.29, 1.82) is 0 Å². The van der Waals surface area contributed by atoms with E-state index in [0.29, 0.717) is 22.5 Å². The SMILES string of the molecule is Cc1cccc(C(=O)Nc2ccc(NC(=O)c3ccc(C)cc3C)cc2)c1. The summed E-state index contributed by atoms with van der Waals surface area (Å²) in [5.74, 6) is -0.310. The zero-order valence-corrected chi connectivity index (χ0v) is 15.7. The van der Waals surface area contributed by atoms with Gasteiger partial charge in [-0.25, -0.2) is 0 Å². The smallest absolute Gasteiger partial charge is 0.255 e. The predicted molar refractivity (Wildman–Crippen MR) is 109 cm³/mol. The number of hydrogen-bond acceptors (Lipinski definition) is 2. The van der Waals surface area contributed by atoms with Gasteiger partial charge in [0.2, 0.25) is 0 Å². The standard InChI is InChI=1S/C23H22N2O2/c1-15-5-4-6-18(14-15)22(26)24-19-8-10-20(11-9-19)25-23(27)21-12-7-16(2)13-17(21)3/h4-14H,1-3H3,(H,24,26)(H,25,27). The van der Waals surface area contributed by atoms with Gasteiger partial charge in [0.05, 0.1) is 0 Å². The molecule has 27 heavy (non-hydrogen) atoms. The van der Waals surface area contributed by atoms with E-state index in [1.54, 1.807) is 30.3 Å². The highest BCUT2D eigenvalue weighted by Crippen LogP contribution is 2.17. The first-order chi connectivity index (χ1) is 12.9. The monoisotopic (exact) mass is 358 g/mol. The summed E-state index contributed by atoms with van der Waals surface area (Å²) >= 11 is 0. The Hall–Kier alpha value is -3.40. The number of amides is 2. The molecule has 0 aliphatic carbocycles. The second-order valence-corrected chi connectivity index (χ2v) is 6.67. The molecule has 0 unspecified atom stereocenters. The van der Waals surface area contributed by atoms with Gasteiger partial charge >= 0.3 is 0 Å². The molecule has 3 aromatic rings. The predicted octanol–water partition coefficient (Wildman–Crippen LogP) is 5.12. The summed E-state index contributed by atoms with van der Waals surface area (Å²) in [7, 11) is 0. The van der Waals surface area contributed by atoms with Crippen LogP contribution < -0.4 is 10.6 Å². The molecule has 0 atom stereocenters. The Kier molecular flexibility index (Phi) is 5.36. The number of carbonyl (C=O) groups excluding carboxylic acids is 2. The number of nitrogens with one attached hydrogen (secondary N) is 2. The van der Waals surface area contributed by atoms with Crippen molar-refractivity contribution in [2.45, 2.75) is 20.8 Å². The van der Waals surface area contributed by atoms with Gasteiger partial charge in [-0.05, 0) is 68.8 Å². The Morgan fingerprint density at radius 2 is 1.26 bits per heavy atom. The first kappa shape index (κ1) is 18.4. The summed E-state index contributed by atoms with van der Waals surface area (Å²) in [6.45, 7) is 5.87. The van der Waals surface area contributed by atoms with Crippen molar-refractivity contribution in [3.63, 3.8) is 0 Å². The van der Waals surface area contributed by atoms with E-state index in [9.17, 15) is 9.59 Å².